The Labute approximate surface area is 90.5 Å². The molecule has 68 valence electrons. The molecule has 0 bridgehead atoms. The van der Waals surface area contributed by atoms with Crippen LogP contribution in [0.4, 0.5) is 0 Å². The number of carbonyl (C=O) groups excluding carboxylic acids is 1. The van der Waals surface area contributed by atoms with Gasteiger partial charge in [0.2, 0.25) is 0 Å². The van der Waals surface area contributed by atoms with Crippen molar-refractivity contribution in [3.8, 4) is 0 Å². The Hall–Kier alpha value is -0.600. The molecule has 0 atom stereocenters. The molecule has 0 amide bonds. The number of hydrogen-bond acceptors (Lipinski definition) is 1. The van der Waals surface area contributed by atoms with E-state index in [1.165, 1.54) is 0 Å². The van der Waals surface area contributed by atoms with Crippen LogP contribution in [0.15, 0.2) is 28.2 Å². The second-order valence-corrected chi connectivity index (χ2v) is 3.96. The fourth-order valence-electron chi connectivity index (χ4n) is 0.898. The Bertz CT molecular complexity index is 358. The predicted octanol–water partition coefficient (Wildman–Crippen LogP) is 3.70. The van der Waals surface area contributed by atoms with Crippen LogP contribution in [-0.4, -0.2) is 6.29 Å². The molecule has 1 aromatic rings. The van der Waals surface area contributed by atoms with Crippen LogP contribution in [0.25, 0.3) is 6.08 Å². The average molecular weight is 260 g/mol. The molecule has 1 rings (SSSR count). The first-order valence-corrected chi connectivity index (χ1v) is 4.89. The van der Waals surface area contributed by atoms with E-state index in [0.29, 0.717) is 10.6 Å². The molecular weight excluding hydrogens is 251 g/mol. The second kappa shape index (κ2) is 4.58. The zero-order valence-electron chi connectivity index (χ0n) is 7.05. The van der Waals surface area contributed by atoms with Crippen molar-refractivity contribution in [2.75, 3.05) is 0 Å². The van der Waals surface area contributed by atoms with Crippen molar-refractivity contribution in [3.63, 3.8) is 0 Å². The molecule has 0 N–H and O–H groups in total. The van der Waals surface area contributed by atoms with Gasteiger partial charge in [-0.15, -0.1) is 0 Å². The highest BCUT2D eigenvalue weighted by atomic mass is 79.9. The van der Waals surface area contributed by atoms with E-state index in [2.05, 4.69) is 15.9 Å². The minimum atomic E-state index is 0.674. The monoisotopic (exact) mass is 258 g/mol. The highest BCUT2D eigenvalue weighted by Crippen LogP contribution is 2.23. The van der Waals surface area contributed by atoms with Gasteiger partial charge < -0.3 is 0 Å². The van der Waals surface area contributed by atoms with E-state index in [1.807, 2.05) is 6.07 Å². The zero-order valence-corrected chi connectivity index (χ0v) is 9.39. The predicted molar refractivity (Wildman–Crippen MR) is 58.9 cm³/mol. The Balaban J connectivity index is 3.09. The first-order valence-electron chi connectivity index (χ1n) is 3.72. The van der Waals surface area contributed by atoms with E-state index in [4.69, 9.17) is 11.6 Å². The van der Waals surface area contributed by atoms with E-state index in [1.54, 1.807) is 25.1 Å². The van der Waals surface area contributed by atoms with Gasteiger partial charge in [0.1, 0.15) is 6.29 Å². The van der Waals surface area contributed by atoms with Crippen molar-refractivity contribution in [1.82, 2.24) is 0 Å². The van der Waals surface area contributed by atoms with Crippen LogP contribution in [0.1, 0.15) is 12.5 Å². The molecule has 13 heavy (non-hydrogen) atoms. The molecule has 0 fully saturated rings. The fraction of sp³-hybridized carbons (Fsp3) is 0.100. The van der Waals surface area contributed by atoms with E-state index in [-0.39, 0.29) is 0 Å². The van der Waals surface area contributed by atoms with Crippen LogP contribution < -0.4 is 0 Å². The maximum Gasteiger partial charge on any atom is 0.145 e. The molecule has 3 heteroatoms. The molecule has 0 radical (unpaired) electrons. The molecule has 0 aliphatic heterocycles. The second-order valence-electron chi connectivity index (χ2n) is 2.67. The number of allylic oxidation sites excluding steroid dienone is 1. The minimum absolute atomic E-state index is 0.674. The van der Waals surface area contributed by atoms with Gasteiger partial charge in [0.25, 0.3) is 0 Å². The van der Waals surface area contributed by atoms with Crippen LogP contribution in [0.3, 0.4) is 0 Å². The van der Waals surface area contributed by atoms with Crippen LogP contribution in [0.5, 0.6) is 0 Å². The molecule has 0 heterocycles. The summed E-state index contributed by atoms with van der Waals surface area (Å²) in [6.45, 7) is 1.76. The van der Waals surface area contributed by atoms with Crippen LogP contribution in [0, 0.1) is 0 Å². The van der Waals surface area contributed by atoms with E-state index in [0.717, 1.165) is 16.3 Å². The van der Waals surface area contributed by atoms with Gasteiger partial charge in [0.05, 0.1) is 0 Å². The maximum absolute atomic E-state index is 10.4. The van der Waals surface area contributed by atoms with Crippen molar-refractivity contribution in [1.29, 1.82) is 0 Å². The Morgan fingerprint density at radius 3 is 2.77 bits per heavy atom. The van der Waals surface area contributed by atoms with Gasteiger partial charge in [-0.25, -0.2) is 0 Å². The number of carbonyl (C=O) groups is 1. The van der Waals surface area contributed by atoms with E-state index < -0.39 is 0 Å². The molecule has 0 spiro atoms. The summed E-state index contributed by atoms with van der Waals surface area (Å²) in [6, 6.07) is 5.45. The first-order chi connectivity index (χ1) is 6.13. The van der Waals surface area contributed by atoms with Gasteiger partial charge in [-0.2, -0.15) is 0 Å². The van der Waals surface area contributed by atoms with Gasteiger partial charge >= 0.3 is 0 Å². The third-order valence-corrected chi connectivity index (χ3v) is 2.45. The van der Waals surface area contributed by atoms with Gasteiger partial charge in [-0.3, -0.25) is 4.79 Å². The topological polar surface area (TPSA) is 17.1 Å². The van der Waals surface area contributed by atoms with Crippen molar-refractivity contribution in [2.24, 2.45) is 0 Å². The lowest BCUT2D eigenvalue weighted by molar-refractivity contribution is -0.104. The fourth-order valence-corrected chi connectivity index (χ4v) is 1.70. The molecule has 0 saturated heterocycles. The summed E-state index contributed by atoms with van der Waals surface area (Å²) in [5.74, 6) is 0. The van der Waals surface area contributed by atoms with Crippen molar-refractivity contribution >= 4 is 39.9 Å². The number of rotatable bonds is 2. The van der Waals surface area contributed by atoms with Gasteiger partial charge in [-0.1, -0.05) is 33.6 Å². The van der Waals surface area contributed by atoms with Gasteiger partial charge in [-0.05, 0) is 36.3 Å². The lowest BCUT2D eigenvalue weighted by atomic mass is 10.1. The van der Waals surface area contributed by atoms with E-state index >= 15 is 0 Å². The van der Waals surface area contributed by atoms with Gasteiger partial charge in [0, 0.05) is 9.50 Å². The summed E-state index contributed by atoms with van der Waals surface area (Å²) in [7, 11) is 0. The van der Waals surface area contributed by atoms with Crippen LogP contribution in [-0.2, 0) is 4.79 Å². The normalized spacial score (nSPS) is 11.5. The largest absolute Gasteiger partial charge is 0.298 e. The van der Waals surface area contributed by atoms with Crippen LogP contribution >= 0.6 is 27.5 Å². The summed E-state index contributed by atoms with van der Waals surface area (Å²) in [5.41, 5.74) is 1.64. The maximum atomic E-state index is 10.4. The molecule has 0 unspecified atom stereocenters. The molecule has 0 aromatic heterocycles. The number of benzene rings is 1. The van der Waals surface area contributed by atoms with Crippen molar-refractivity contribution in [3.05, 3.63) is 38.8 Å². The summed E-state index contributed by atoms with van der Waals surface area (Å²) in [6.07, 6.45) is 2.62. The van der Waals surface area contributed by atoms with Crippen molar-refractivity contribution in [2.45, 2.75) is 6.92 Å². The Morgan fingerprint density at radius 1 is 1.54 bits per heavy atom. The Kier molecular flexibility index (Phi) is 3.70. The first kappa shape index (κ1) is 10.5. The number of halogens is 2. The number of hydrogen-bond donors (Lipinski definition) is 0. The average Bonchev–Trinajstić information content (AvgIpc) is 2.09. The van der Waals surface area contributed by atoms with E-state index in [9.17, 15) is 4.79 Å². The zero-order chi connectivity index (χ0) is 9.84. The third kappa shape index (κ3) is 2.98. The molecule has 0 aliphatic carbocycles. The number of aldehydes is 1. The highest BCUT2D eigenvalue weighted by molar-refractivity contribution is 9.10. The summed E-state index contributed by atoms with van der Waals surface area (Å²) >= 11 is 9.13. The highest BCUT2D eigenvalue weighted by Gasteiger charge is 1.97. The SMILES string of the molecule is C/C(C=O)=C/c1ccc(Cl)cc1Br. The molecule has 0 aliphatic rings. The summed E-state index contributed by atoms with van der Waals surface area (Å²) in [4.78, 5) is 10.4. The molecule has 0 saturated carbocycles. The lowest BCUT2D eigenvalue weighted by Gasteiger charge is -1.99. The lowest BCUT2D eigenvalue weighted by Crippen LogP contribution is -1.80. The van der Waals surface area contributed by atoms with Crippen molar-refractivity contribution < 1.29 is 4.79 Å². The van der Waals surface area contributed by atoms with Gasteiger partial charge in [0.15, 0.2) is 0 Å². The standard InChI is InChI=1S/C10H8BrClO/c1-7(6-13)4-8-2-3-9(12)5-10(8)11/h2-6H,1H3/b7-4-. The quantitative estimate of drug-likeness (QED) is 0.584. The molecule has 1 nitrogen and oxygen atoms in total. The smallest absolute Gasteiger partial charge is 0.145 e. The summed E-state index contributed by atoms with van der Waals surface area (Å²) in [5, 5.41) is 0.674. The molecular formula is C10H8BrClO. The molecule has 1 aromatic carbocycles. The Morgan fingerprint density at radius 2 is 2.23 bits per heavy atom. The third-order valence-electron chi connectivity index (χ3n) is 1.53. The summed E-state index contributed by atoms with van der Waals surface area (Å²) < 4.78 is 0.890. The minimum Gasteiger partial charge on any atom is -0.298 e. The van der Waals surface area contributed by atoms with Crippen LogP contribution in [0.2, 0.25) is 5.02 Å².